The second-order valence-electron chi connectivity index (χ2n) is 3.24. The van der Waals surface area contributed by atoms with E-state index in [1.54, 1.807) is 0 Å². The van der Waals surface area contributed by atoms with Crippen molar-refractivity contribution in [3.05, 3.63) is 35.4 Å². The molecule has 1 aromatic rings. The summed E-state index contributed by atoms with van der Waals surface area (Å²) >= 11 is 0. The molecule has 2 rings (SSSR count). The Morgan fingerprint density at radius 1 is 1.46 bits per heavy atom. The lowest BCUT2D eigenvalue weighted by molar-refractivity contribution is 0.0795. The fraction of sp³-hybridized carbons (Fsp3) is 0.333. The van der Waals surface area contributed by atoms with Crippen LogP contribution < -0.4 is 0 Å². The van der Waals surface area contributed by atoms with Crippen molar-refractivity contribution in [2.75, 3.05) is 6.61 Å². The normalized spacial score (nSPS) is 19.5. The summed E-state index contributed by atoms with van der Waals surface area (Å²) in [6, 6.07) is 8.41. The van der Waals surface area contributed by atoms with E-state index in [4.69, 9.17) is 11.2 Å². The second-order valence-corrected chi connectivity index (χ2v) is 3.24. The van der Waals surface area contributed by atoms with Gasteiger partial charge in [-0.05, 0) is 24.0 Å². The summed E-state index contributed by atoms with van der Waals surface area (Å²) in [5.41, 5.74) is 2.72. The third kappa shape index (κ3) is 1.59. The van der Waals surface area contributed by atoms with Crippen LogP contribution in [0.5, 0.6) is 0 Å². The zero-order valence-corrected chi connectivity index (χ0v) is 7.49. The fourth-order valence-corrected chi connectivity index (χ4v) is 1.84. The van der Waals surface area contributed by atoms with Crippen LogP contribution in [0, 0.1) is 12.3 Å². The van der Waals surface area contributed by atoms with Crippen LogP contribution in [-0.4, -0.2) is 6.61 Å². The summed E-state index contributed by atoms with van der Waals surface area (Å²) < 4.78 is 5.54. The van der Waals surface area contributed by atoms with Crippen LogP contribution in [0.3, 0.4) is 0 Å². The minimum Gasteiger partial charge on any atom is -0.361 e. The number of terminal acetylenes is 1. The maximum absolute atomic E-state index is 5.54. The molecule has 1 unspecified atom stereocenters. The lowest BCUT2D eigenvalue weighted by Crippen LogP contribution is -1.99. The average molecular weight is 172 g/mol. The first-order valence-corrected chi connectivity index (χ1v) is 4.54. The molecule has 13 heavy (non-hydrogen) atoms. The first-order chi connectivity index (χ1) is 6.42. The van der Waals surface area contributed by atoms with Crippen LogP contribution in [0.4, 0.5) is 0 Å². The number of hydrogen-bond acceptors (Lipinski definition) is 1. The van der Waals surface area contributed by atoms with E-state index in [1.165, 1.54) is 11.1 Å². The molecule has 0 aliphatic heterocycles. The van der Waals surface area contributed by atoms with Crippen molar-refractivity contribution in [1.82, 2.24) is 0 Å². The van der Waals surface area contributed by atoms with Gasteiger partial charge in [-0.3, -0.25) is 0 Å². The lowest BCUT2D eigenvalue weighted by Gasteiger charge is -2.10. The van der Waals surface area contributed by atoms with E-state index in [2.05, 4.69) is 30.2 Å². The second kappa shape index (κ2) is 3.64. The van der Waals surface area contributed by atoms with E-state index in [0.29, 0.717) is 6.61 Å². The van der Waals surface area contributed by atoms with E-state index < -0.39 is 0 Å². The summed E-state index contributed by atoms with van der Waals surface area (Å²) in [7, 11) is 0. The molecule has 1 nitrogen and oxygen atoms in total. The Kier molecular flexibility index (Phi) is 2.33. The van der Waals surface area contributed by atoms with Gasteiger partial charge in [-0.25, -0.2) is 0 Å². The Morgan fingerprint density at radius 2 is 2.31 bits per heavy atom. The highest BCUT2D eigenvalue weighted by atomic mass is 16.5. The highest BCUT2D eigenvalue weighted by molar-refractivity contribution is 5.33. The molecule has 0 heterocycles. The van der Waals surface area contributed by atoms with Gasteiger partial charge in [0, 0.05) is 0 Å². The van der Waals surface area contributed by atoms with Crippen LogP contribution in [0.15, 0.2) is 24.3 Å². The number of ether oxygens (including phenoxy) is 1. The fourth-order valence-electron chi connectivity index (χ4n) is 1.84. The molecule has 1 aliphatic rings. The Balaban J connectivity index is 2.15. The van der Waals surface area contributed by atoms with E-state index in [9.17, 15) is 0 Å². The zero-order valence-electron chi connectivity index (χ0n) is 7.49. The Morgan fingerprint density at radius 3 is 3.15 bits per heavy atom. The van der Waals surface area contributed by atoms with Crippen LogP contribution in [-0.2, 0) is 11.2 Å². The van der Waals surface area contributed by atoms with E-state index in [0.717, 1.165) is 12.8 Å². The van der Waals surface area contributed by atoms with Gasteiger partial charge in [0.05, 0.1) is 6.10 Å². The molecule has 1 aliphatic carbocycles. The smallest absolute Gasteiger partial charge is 0.108 e. The molecule has 1 heteroatoms. The first kappa shape index (κ1) is 8.34. The van der Waals surface area contributed by atoms with Gasteiger partial charge >= 0.3 is 0 Å². The highest BCUT2D eigenvalue weighted by Crippen LogP contribution is 2.33. The van der Waals surface area contributed by atoms with Gasteiger partial charge in [0.25, 0.3) is 0 Å². The van der Waals surface area contributed by atoms with E-state index >= 15 is 0 Å². The highest BCUT2D eigenvalue weighted by Gasteiger charge is 2.21. The molecule has 0 saturated heterocycles. The van der Waals surface area contributed by atoms with Gasteiger partial charge in [0.1, 0.15) is 6.61 Å². The first-order valence-electron chi connectivity index (χ1n) is 4.54. The molecule has 0 radical (unpaired) electrons. The monoisotopic (exact) mass is 172 g/mol. The van der Waals surface area contributed by atoms with Crippen molar-refractivity contribution < 1.29 is 4.74 Å². The van der Waals surface area contributed by atoms with Gasteiger partial charge in [-0.15, -0.1) is 6.42 Å². The number of hydrogen-bond donors (Lipinski definition) is 0. The number of benzene rings is 1. The Hall–Kier alpha value is -1.26. The Bertz CT molecular complexity index is 335. The minimum absolute atomic E-state index is 0.229. The predicted octanol–water partition coefficient (Wildman–Crippen LogP) is 2.32. The van der Waals surface area contributed by atoms with Gasteiger partial charge in [0.2, 0.25) is 0 Å². The molecule has 0 spiro atoms. The number of rotatable bonds is 2. The van der Waals surface area contributed by atoms with E-state index in [-0.39, 0.29) is 6.10 Å². The molecule has 0 N–H and O–H groups in total. The predicted molar refractivity (Wildman–Crippen MR) is 52.3 cm³/mol. The van der Waals surface area contributed by atoms with Gasteiger partial charge < -0.3 is 4.74 Å². The summed E-state index contributed by atoms with van der Waals surface area (Å²) in [6.45, 7) is 0.416. The number of fused-ring (bicyclic) bond motifs is 1. The molecule has 1 atom stereocenters. The standard InChI is InChI=1S/C12H12O/c1-2-9-13-12-8-7-10-5-3-4-6-11(10)12/h1,3-6,12H,7-9H2. The zero-order chi connectivity index (χ0) is 9.10. The molecule has 0 saturated carbocycles. The van der Waals surface area contributed by atoms with Crippen LogP contribution >= 0.6 is 0 Å². The maximum Gasteiger partial charge on any atom is 0.108 e. The molecule has 0 fully saturated rings. The topological polar surface area (TPSA) is 9.23 Å². The summed E-state index contributed by atoms with van der Waals surface area (Å²) in [4.78, 5) is 0. The van der Waals surface area contributed by atoms with Gasteiger partial charge in [-0.1, -0.05) is 30.2 Å². The minimum atomic E-state index is 0.229. The van der Waals surface area contributed by atoms with Crippen molar-refractivity contribution >= 4 is 0 Å². The van der Waals surface area contributed by atoms with Gasteiger partial charge in [-0.2, -0.15) is 0 Å². The SMILES string of the molecule is C#CCOC1CCc2ccccc21. The lowest BCUT2D eigenvalue weighted by atomic mass is 10.1. The van der Waals surface area contributed by atoms with Crippen LogP contribution in [0.1, 0.15) is 23.7 Å². The molecular weight excluding hydrogens is 160 g/mol. The molecule has 1 aromatic carbocycles. The summed E-state index contributed by atoms with van der Waals surface area (Å²) in [6.07, 6.45) is 7.57. The van der Waals surface area contributed by atoms with Crippen molar-refractivity contribution in [3.8, 4) is 12.3 Å². The molecule has 0 bridgehead atoms. The van der Waals surface area contributed by atoms with Crippen LogP contribution in [0.2, 0.25) is 0 Å². The average Bonchev–Trinajstić information content (AvgIpc) is 2.58. The summed E-state index contributed by atoms with van der Waals surface area (Å²) in [5.74, 6) is 2.50. The van der Waals surface area contributed by atoms with Crippen molar-refractivity contribution in [1.29, 1.82) is 0 Å². The molecule has 66 valence electrons. The third-order valence-corrected chi connectivity index (χ3v) is 2.45. The largest absolute Gasteiger partial charge is 0.361 e. The van der Waals surface area contributed by atoms with Crippen molar-refractivity contribution in [2.45, 2.75) is 18.9 Å². The molecule has 0 amide bonds. The molecular formula is C12H12O. The van der Waals surface area contributed by atoms with Crippen molar-refractivity contribution in [3.63, 3.8) is 0 Å². The third-order valence-electron chi connectivity index (χ3n) is 2.45. The van der Waals surface area contributed by atoms with Crippen LogP contribution in [0.25, 0.3) is 0 Å². The quantitative estimate of drug-likeness (QED) is 0.622. The van der Waals surface area contributed by atoms with Gasteiger partial charge in [0.15, 0.2) is 0 Å². The maximum atomic E-state index is 5.54. The Labute approximate surface area is 78.7 Å². The van der Waals surface area contributed by atoms with E-state index in [1.807, 2.05) is 0 Å². The molecule has 0 aromatic heterocycles. The number of aryl methyl sites for hydroxylation is 1. The summed E-state index contributed by atoms with van der Waals surface area (Å²) in [5, 5.41) is 0. The van der Waals surface area contributed by atoms with Crippen molar-refractivity contribution in [2.24, 2.45) is 0 Å².